The zero-order valence-electron chi connectivity index (χ0n) is 18.0. The molecule has 1 aromatic heterocycles. The number of methoxy groups -OCH3 is 1. The number of ether oxygens (including phenoxy) is 3. The first-order valence-corrected chi connectivity index (χ1v) is 10.2. The fourth-order valence-corrected chi connectivity index (χ4v) is 4.19. The van der Waals surface area contributed by atoms with Crippen LogP contribution >= 0.6 is 0 Å². The summed E-state index contributed by atoms with van der Waals surface area (Å²) in [5.41, 5.74) is 1.08. The van der Waals surface area contributed by atoms with Crippen LogP contribution in [0, 0.1) is 0 Å². The van der Waals surface area contributed by atoms with Crippen molar-refractivity contribution in [1.29, 1.82) is 0 Å². The molecule has 0 saturated heterocycles. The molecule has 0 saturated carbocycles. The Labute approximate surface area is 178 Å². The second kappa shape index (κ2) is 7.98. The van der Waals surface area contributed by atoms with Gasteiger partial charge in [-0.05, 0) is 31.0 Å². The molecular weight excluding hydrogens is 402 g/mol. The van der Waals surface area contributed by atoms with Gasteiger partial charge in [0.05, 0.1) is 36.5 Å². The highest BCUT2D eigenvalue weighted by Gasteiger charge is 2.42. The van der Waals surface area contributed by atoms with Gasteiger partial charge in [0.1, 0.15) is 12.4 Å². The van der Waals surface area contributed by atoms with Crippen LogP contribution in [0.1, 0.15) is 37.3 Å². The van der Waals surface area contributed by atoms with Crippen molar-refractivity contribution in [2.75, 3.05) is 25.6 Å². The Morgan fingerprint density at radius 2 is 1.97 bits per heavy atom. The van der Waals surface area contributed by atoms with Crippen molar-refractivity contribution in [3.8, 4) is 11.5 Å². The van der Waals surface area contributed by atoms with Gasteiger partial charge in [-0.2, -0.15) is 0 Å². The molecule has 0 bridgehead atoms. The molecule has 0 aliphatic carbocycles. The van der Waals surface area contributed by atoms with Crippen LogP contribution < -0.4 is 26.0 Å². The van der Waals surface area contributed by atoms with E-state index in [1.807, 2.05) is 13.8 Å². The molecule has 2 aliphatic heterocycles. The van der Waals surface area contributed by atoms with Gasteiger partial charge >= 0.3 is 11.7 Å². The SMILES string of the molecule is CCCn1c2c(c(=O)n(C)c1=O)C(c1ccc(OCC)c(OC)c1)C1=C(COC1=O)N2. The van der Waals surface area contributed by atoms with Gasteiger partial charge in [-0.1, -0.05) is 13.0 Å². The van der Waals surface area contributed by atoms with Crippen LogP contribution in [0.25, 0.3) is 0 Å². The van der Waals surface area contributed by atoms with Gasteiger partial charge in [-0.15, -0.1) is 0 Å². The van der Waals surface area contributed by atoms with E-state index in [9.17, 15) is 14.4 Å². The maximum Gasteiger partial charge on any atom is 0.337 e. The maximum absolute atomic E-state index is 13.3. The maximum atomic E-state index is 13.3. The van der Waals surface area contributed by atoms with Crippen LogP contribution in [0.3, 0.4) is 0 Å². The lowest BCUT2D eigenvalue weighted by Gasteiger charge is -2.29. The third-order valence-electron chi connectivity index (χ3n) is 5.59. The average molecular weight is 427 g/mol. The minimum absolute atomic E-state index is 0.0633. The predicted molar refractivity (Wildman–Crippen MR) is 114 cm³/mol. The summed E-state index contributed by atoms with van der Waals surface area (Å²) in [7, 11) is 2.98. The van der Waals surface area contributed by atoms with E-state index in [1.165, 1.54) is 14.2 Å². The highest BCUT2D eigenvalue weighted by atomic mass is 16.5. The van der Waals surface area contributed by atoms with E-state index in [0.29, 0.717) is 59.3 Å². The lowest BCUT2D eigenvalue weighted by Crippen LogP contribution is -2.44. The zero-order chi connectivity index (χ0) is 22.3. The van der Waals surface area contributed by atoms with E-state index >= 15 is 0 Å². The number of hydrogen-bond acceptors (Lipinski definition) is 7. The topological polar surface area (TPSA) is 101 Å². The molecule has 164 valence electrons. The standard InChI is InChI=1S/C22H25N3O6/c1-5-9-25-19-18(20(26)24(3)22(25)28)16(17-13(23-19)11-31-21(17)27)12-7-8-14(30-6-2)15(10-12)29-4/h7-8,10,16,23H,5-6,9,11H2,1-4H3. The number of cyclic esters (lactones) is 1. The van der Waals surface area contributed by atoms with Gasteiger partial charge in [-0.25, -0.2) is 9.59 Å². The predicted octanol–water partition coefficient (Wildman–Crippen LogP) is 1.73. The van der Waals surface area contributed by atoms with Crippen LogP contribution in [0.4, 0.5) is 5.82 Å². The highest BCUT2D eigenvalue weighted by molar-refractivity contribution is 5.96. The number of carbonyl (C=O) groups excluding carboxylic acids is 1. The third kappa shape index (κ3) is 3.20. The molecular formula is C22H25N3O6. The van der Waals surface area contributed by atoms with Crippen molar-refractivity contribution in [3.05, 3.63) is 61.4 Å². The van der Waals surface area contributed by atoms with E-state index in [0.717, 1.165) is 4.57 Å². The number of hydrogen-bond donors (Lipinski definition) is 1. The van der Waals surface area contributed by atoms with Crippen molar-refractivity contribution in [3.63, 3.8) is 0 Å². The van der Waals surface area contributed by atoms with E-state index < -0.39 is 23.1 Å². The van der Waals surface area contributed by atoms with Gasteiger partial charge in [0, 0.05) is 13.6 Å². The summed E-state index contributed by atoms with van der Waals surface area (Å²) in [6.07, 6.45) is 0.703. The number of fused-ring (bicyclic) bond motifs is 1. The van der Waals surface area contributed by atoms with Gasteiger partial charge < -0.3 is 19.5 Å². The fourth-order valence-electron chi connectivity index (χ4n) is 4.19. The number of nitrogens with one attached hydrogen (secondary N) is 1. The van der Waals surface area contributed by atoms with E-state index in [2.05, 4.69) is 5.32 Å². The number of benzene rings is 1. The molecule has 0 radical (unpaired) electrons. The molecule has 1 N–H and O–H groups in total. The Kier molecular flexibility index (Phi) is 5.34. The van der Waals surface area contributed by atoms with Crippen LogP contribution in [0.2, 0.25) is 0 Å². The van der Waals surface area contributed by atoms with E-state index in [4.69, 9.17) is 14.2 Å². The number of nitrogens with zero attached hydrogens (tertiary/aromatic N) is 2. The average Bonchev–Trinajstić information content (AvgIpc) is 3.14. The second-order valence-electron chi connectivity index (χ2n) is 7.43. The van der Waals surface area contributed by atoms with Gasteiger partial charge in [-0.3, -0.25) is 13.9 Å². The number of aromatic nitrogens is 2. The molecule has 1 unspecified atom stereocenters. The third-order valence-corrected chi connectivity index (χ3v) is 5.59. The summed E-state index contributed by atoms with van der Waals surface area (Å²) in [5.74, 6) is 0.279. The van der Waals surface area contributed by atoms with Gasteiger partial charge in [0.2, 0.25) is 0 Å². The van der Waals surface area contributed by atoms with E-state index in [1.54, 1.807) is 22.8 Å². The summed E-state index contributed by atoms with van der Waals surface area (Å²) in [6.45, 7) is 4.79. The van der Waals surface area contributed by atoms with Crippen molar-refractivity contribution in [2.45, 2.75) is 32.7 Å². The Morgan fingerprint density at radius 3 is 2.65 bits per heavy atom. The van der Waals surface area contributed by atoms with Crippen LogP contribution in [0.15, 0.2) is 39.1 Å². The normalized spacial score (nSPS) is 17.0. The molecule has 9 nitrogen and oxygen atoms in total. The first kappa shape index (κ1) is 20.8. The van der Waals surface area contributed by atoms with Crippen LogP contribution in [-0.2, 0) is 23.1 Å². The Morgan fingerprint density at radius 1 is 1.19 bits per heavy atom. The van der Waals surface area contributed by atoms with E-state index in [-0.39, 0.29) is 6.61 Å². The summed E-state index contributed by atoms with van der Waals surface area (Å²) in [4.78, 5) is 38.7. The number of rotatable bonds is 6. The highest BCUT2D eigenvalue weighted by Crippen LogP contribution is 2.44. The molecule has 3 heterocycles. The first-order valence-electron chi connectivity index (χ1n) is 10.2. The summed E-state index contributed by atoms with van der Waals surface area (Å²) in [5, 5.41) is 3.14. The molecule has 0 spiro atoms. The molecule has 1 aromatic carbocycles. The Balaban J connectivity index is 2.01. The molecule has 0 fully saturated rings. The zero-order valence-corrected chi connectivity index (χ0v) is 18.0. The second-order valence-corrected chi connectivity index (χ2v) is 7.43. The molecule has 2 aliphatic rings. The smallest absolute Gasteiger partial charge is 0.337 e. The monoisotopic (exact) mass is 427 g/mol. The molecule has 0 amide bonds. The quantitative estimate of drug-likeness (QED) is 0.701. The Hall–Kier alpha value is -3.49. The summed E-state index contributed by atoms with van der Waals surface area (Å²) >= 11 is 0. The number of esters is 1. The molecule has 2 aromatic rings. The lowest BCUT2D eigenvalue weighted by molar-refractivity contribution is -0.136. The van der Waals surface area contributed by atoms with Crippen LogP contribution in [-0.4, -0.2) is 35.4 Å². The molecule has 31 heavy (non-hydrogen) atoms. The molecule has 4 rings (SSSR count). The molecule has 9 heteroatoms. The van der Waals surface area contributed by atoms with Gasteiger partial charge in [0.25, 0.3) is 5.56 Å². The number of anilines is 1. The summed E-state index contributed by atoms with van der Waals surface area (Å²) < 4.78 is 19.0. The number of carbonyl (C=O) groups is 1. The van der Waals surface area contributed by atoms with Gasteiger partial charge in [0.15, 0.2) is 11.5 Å². The largest absolute Gasteiger partial charge is 0.493 e. The van der Waals surface area contributed by atoms with Crippen molar-refractivity contribution in [1.82, 2.24) is 9.13 Å². The first-order chi connectivity index (χ1) is 14.9. The Bertz CT molecular complexity index is 1210. The van der Waals surface area contributed by atoms with Crippen LogP contribution in [0.5, 0.6) is 11.5 Å². The lowest BCUT2D eigenvalue weighted by atomic mass is 9.82. The minimum Gasteiger partial charge on any atom is -0.493 e. The van der Waals surface area contributed by atoms with Crippen molar-refractivity contribution < 1.29 is 19.0 Å². The van der Waals surface area contributed by atoms with Crippen molar-refractivity contribution >= 4 is 11.8 Å². The molecule has 1 atom stereocenters. The fraction of sp³-hybridized carbons (Fsp3) is 0.409. The summed E-state index contributed by atoms with van der Waals surface area (Å²) in [6, 6.07) is 5.32. The minimum atomic E-state index is -0.701. The van der Waals surface area contributed by atoms with Crippen molar-refractivity contribution in [2.24, 2.45) is 7.05 Å².